The predicted molar refractivity (Wildman–Crippen MR) is 88.4 cm³/mol. The van der Waals surface area contributed by atoms with Crippen LogP contribution in [0.15, 0.2) is 41.1 Å². The highest BCUT2D eigenvalue weighted by atomic mass is 16.5. The van der Waals surface area contributed by atoms with E-state index in [4.69, 9.17) is 9.15 Å². The van der Waals surface area contributed by atoms with E-state index in [2.05, 4.69) is 20.6 Å². The summed E-state index contributed by atoms with van der Waals surface area (Å²) in [6, 6.07) is 8.24. The lowest BCUT2D eigenvalue weighted by atomic mass is 10.2. The van der Waals surface area contributed by atoms with Gasteiger partial charge >= 0.3 is 6.01 Å². The molecule has 4 rings (SSSR count). The molecule has 1 atom stereocenters. The Kier molecular flexibility index (Phi) is 3.68. The van der Waals surface area contributed by atoms with Crippen molar-refractivity contribution in [3.8, 4) is 11.4 Å². The Morgan fingerprint density at radius 1 is 1.25 bits per heavy atom. The minimum atomic E-state index is 0.0181. The molecule has 1 saturated carbocycles. The first-order valence-corrected chi connectivity index (χ1v) is 8.02. The molecule has 0 bridgehead atoms. The summed E-state index contributed by atoms with van der Waals surface area (Å²) in [6.07, 6.45) is 6.11. The number of nitrogens with zero attached hydrogens (tertiary/aromatic N) is 4. The largest absolute Gasteiger partial charge is 0.497 e. The molecule has 0 spiro atoms. The van der Waals surface area contributed by atoms with Gasteiger partial charge in [0, 0.05) is 17.7 Å². The third-order valence-electron chi connectivity index (χ3n) is 4.15. The number of anilines is 1. The molecule has 0 saturated heterocycles. The molecule has 3 aromatic rings. The highest BCUT2D eigenvalue weighted by Gasteiger charge is 2.29. The van der Waals surface area contributed by atoms with Crippen molar-refractivity contribution < 1.29 is 9.15 Å². The highest BCUT2D eigenvalue weighted by molar-refractivity contribution is 5.37. The van der Waals surface area contributed by atoms with Crippen LogP contribution in [0.4, 0.5) is 6.01 Å². The summed E-state index contributed by atoms with van der Waals surface area (Å²) >= 11 is 0. The maximum absolute atomic E-state index is 5.64. The fourth-order valence-corrected chi connectivity index (χ4v) is 2.49. The van der Waals surface area contributed by atoms with Gasteiger partial charge in [-0.3, -0.25) is 0 Å². The molecule has 1 aliphatic carbocycles. The molecule has 124 valence electrons. The highest BCUT2D eigenvalue weighted by Crippen LogP contribution is 2.39. The van der Waals surface area contributed by atoms with Crippen LogP contribution in [0, 0.1) is 0 Å². The first-order valence-electron chi connectivity index (χ1n) is 8.02. The van der Waals surface area contributed by atoms with Crippen LogP contribution < -0.4 is 10.1 Å². The van der Waals surface area contributed by atoms with Gasteiger partial charge in [-0.2, -0.15) is 5.10 Å². The lowest BCUT2D eigenvalue weighted by Gasteiger charge is -2.09. The fourth-order valence-electron chi connectivity index (χ4n) is 2.49. The zero-order valence-corrected chi connectivity index (χ0v) is 13.6. The van der Waals surface area contributed by atoms with Gasteiger partial charge in [0.2, 0.25) is 5.89 Å². The molecule has 2 aromatic heterocycles. The molecule has 2 heterocycles. The third kappa shape index (κ3) is 2.97. The Bertz CT molecular complexity index is 820. The molecule has 1 unspecified atom stereocenters. The quantitative estimate of drug-likeness (QED) is 0.749. The van der Waals surface area contributed by atoms with Crippen LogP contribution in [-0.4, -0.2) is 27.1 Å². The zero-order chi connectivity index (χ0) is 16.5. The van der Waals surface area contributed by atoms with Gasteiger partial charge in [0.05, 0.1) is 25.0 Å². The monoisotopic (exact) mass is 325 g/mol. The number of aromatic nitrogens is 4. The van der Waals surface area contributed by atoms with Crippen molar-refractivity contribution in [2.24, 2.45) is 0 Å². The average Bonchev–Trinajstić information content (AvgIpc) is 3.16. The van der Waals surface area contributed by atoms with Crippen molar-refractivity contribution in [1.29, 1.82) is 0 Å². The number of hydrogen-bond acceptors (Lipinski definition) is 6. The lowest BCUT2D eigenvalue weighted by molar-refractivity contribution is 0.414. The molecule has 0 amide bonds. The third-order valence-corrected chi connectivity index (χ3v) is 4.15. The topological polar surface area (TPSA) is 78.0 Å². The standard InChI is InChI=1S/C17H19N5O2/c1-11(19-17-21-20-16(24-17)12-3-4-12)13-9-18-22(10-13)14-5-7-15(23-2)8-6-14/h5-12H,3-4H2,1-2H3,(H,19,21). The van der Waals surface area contributed by atoms with Crippen molar-refractivity contribution in [2.45, 2.75) is 31.7 Å². The second-order valence-electron chi connectivity index (χ2n) is 6.00. The van der Waals surface area contributed by atoms with Crippen LogP contribution in [-0.2, 0) is 0 Å². The van der Waals surface area contributed by atoms with E-state index in [0.29, 0.717) is 11.9 Å². The smallest absolute Gasteiger partial charge is 0.315 e. The summed E-state index contributed by atoms with van der Waals surface area (Å²) in [6.45, 7) is 2.04. The summed E-state index contributed by atoms with van der Waals surface area (Å²) in [4.78, 5) is 0. The Labute approximate surface area is 139 Å². The van der Waals surface area contributed by atoms with Gasteiger partial charge < -0.3 is 14.5 Å². The second kappa shape index (κ2) is 5.99. The maximum atomic E-state index is 5.64. The van der Waals surface area contributed by atoms with E-state index in [1.807, 2.05) is 48.3 Å². The molecule has 7 nitrogen and oxygen atoms in total. The van der Waals surface area contributed by atoms with Crippen LogP contribution in [0.25, 0.3) is 5.69 Å². The number of nitrogens with one attached hydrogen (secondary N) is 1. The van der Waals surface area contributed by atoms with Crippen molar-refractivity contribution >= 4 is 6.01 Å². The minimum absolute atomic E-state index is 0.0181. The van der Waals surface area contributed by atoms with Crippen molar-refractivity contribution in [2.75, 3.05) is 12.4 Å². The summed E-state index contributed by atoms with van der Waals surface area (Å²) in [5.41, 5.74) is 2.01. The van der Waals surface area contributed by atoms with E-state index in [9.17, 15) is 0 Å². The molecular weight excluding hydrogens is 306 g/mol. The number of ether oxygens (including phenoxy) is 1. The van der Waals surface area contributed by atoms with Crippen LogP contribution >= 0.6 is 0 Å². The average molecular weight is 325 g/mol. The number of hydrogen-bond donors (Lipinski definition) is 1. The van der Waals surface area contributed by atoms with Gasteiger partial charge in [0.1, 0.15) is 5.75 Å². The van der Waals surface area contributed by atoms with Gasteiger partial charge in [-0.1, -0.05) is 5.10 Å². The van der Waals surface area contributed by atoms with E-state index >= 15 is 0 Å². The van der Waals surface area contributed by atoms with E-state index in [-0.39, 0.29) is 6.04 Å². The Morgan fingerprint density at radius 2 is 2.04 bits per heavy atom. The van der Waals surface area contributed by atoms with Crippen LogP contribution in [0.1, 0.15) is 43.2 Å². The van der Waals surface area contributed by atoms with Gasteiger partial charge in [0.15, 0.2) is 0 Å². The predicted octanol–water partition coefficient (Wildman–Crippen LogP) is 3.31. The summed E-state index contributed by atoms with van der Waals surface area (Å²) < 4.78 is 12.6. The number of rotatable bonds is 6. The number of methoxy groups -OCH3 is 1. The van der Waals surface area contributed by atoms with Gasteiger partial charge in [-0.15, -0.1) is 5.10 Å². The molecule has 0 radical (unpaired) electrons. The summed E-state index contributed by atoms with van der Waals surface area (Å²) in [5.74, 6) is 2.02. The van der Waals surface area contributed by atoms with E-state index < -0.39 is 0 Å². The van der Waals surface area contributed by atoms with Crippen molar-refractivity contribution in [3.63, 3.8) is 0 Å². The maximum Gasteiger partial charge on any atom is 0.315 e. The Morgan fingerprint density at radius 3 is 2.75 bits per heavy atom. The zero-order valence-electron chi connectivity index (χ0n) is 13.6. The Hall–Kier alpha value is -2.83. The van der Waals surface area contributed by atoms with Crippen molar-refractivity contribution in [1.82, 2.24) is 20.0 Å². The van der Waals surface area contributed by atoms with Crippen LogP contribution in [0.2, 0.25) is 0 Å². The summed E-state index contributed by atoms with van der Waals surface area (Å²) in [7, 11) is 1.65. The lowest BCUT2D eigenvalue weighted by Crippen LogP contribution is -2.06. The normalized spacial score (nSPS) is 15.2. The van der Waals surface area contributed by atoms with E-state index in [0.717, 1.165) is 35.7 Å². The molecule has 1 fully saturated rings. The summed E-state index contributed by atoms with van der Waals surface area (Å²) in [5, 5.41) is 15.8. The van der Waals surface area contributed by atoms with Crippen molar-refractivity contribution in [3.05, 3.63) is 48.1 Å². The van der Waals surface area contributed by atoms with Crippen LogP contribution in [0.5, 0.6) is 5.75 Å². The SMILES string of the molecule is COc1ccc(-n2cc(C(C)Nc3nnc(C4CC4)o3)cn2)cc1. The van der Waals surface area contributed by atoms with E-state index in [1.165, 1.54) is 0 Å². The molecule has 1 aromatic carbocycles. The van der Waals surface area contributed by atoms with Crippen LogP contribution in [0.3, 0.4) is 0 Å². The first kappa shape index (κ1) is 14.7. The minimum Gasteiger partial charge on any atom is -0.497 e. The molecule has 24 heavy (non-hydrogen) atoms. The number of benzene rings is 1. The Balaban J connectivity index is 1.46. The van der Waals surface area contributed by atoms with Gasteiger partial charge in [-0.05, 0) is 44.0 Å². The molecular formula is C17H19N5O2. The van der Waals surface area contributed by atoms with Gasteiger partial charge in [-0.25, -0.2) is 4.68 Å². The molecule has 0 aliphatic heterocycles. The molecule has 1 N–H and O–H groups in total. The molecule has 7 heteroatoms. The fraction of sp³-hybridized carbons (Fsp3) is 0.353. The van der Waals surface area contributed by atoms with E-state index in [1.54, 1.807) is 7.11 Å². The first-order chi connectivity index (χ1) is 11.7. The second-order valence-corrected chi connectivity index (χ2v) is 6.00. The van der Waals surface area contributed by atoms with Gasteiger partial charge in [0.25, 0.3) is 0 Å². The molecule has 1 aliphatic rings.